The molecule has 1 saturated heterocycles. The second-order valence-corrected chi connectivity index (χ2v) is 7.32. The van der Waals surface area contributed by atoms with Gasteiger partial charge in [-0.3, -0.25) is 4.90 Å². The number of piperidine rings is 1. The van der Waals surface area contributed by atoms with E-state index in [4.69, 9.17) is 10.5 Å². The van der Waals surface area contributed by atoms with Gasteiger partial charge < -0.3 is 10.5 Å². The first-order chi connectivity index (χ1) is 12.1. The van der Waals surface area contributed by atoms with Crippen molar-refractivity contribution in [3.05, 3.63) is 65.0 Å². The number of benzene rings is 2. The van der Waals surface area contributed by atoms with Gasteiger partial charge in [0.15, 0.2) is 0 Å². The van der Waals surface area contributed by atoms with Crippen LogP contribution in [0.1, 0.15) is 35.6 Å². The van der Waals surface area contributed by atoms with Crippen LogP contribution in [0.5, 0.6) is 5.75 Å². The number of hydrogen-bond donors (Lipinski definition) is 1. The molecule has 1 fully saturated rings. The Morgan fingerprint density at radius 2 is 2.04 bits per heavy atom. The molecule has 0 aromatic heterocycles. The second kappa shape index (κ2) is 6.77. The first-order valence-electron chi connectivity index (χ1n) is 9.12. The Kier molecular flexibility index (Phi) is 4.48. The van der Waals surface area contributed by atoms with Crippen molar-refractivity contribution in [1.29, 1.82) is 0 Å². The number of fused-ring (bicyclic) bond motifs is 1. The van der Waals surface area contributed by atoms with E-state index in [-0.39, 0.29) is 24.0 Å². The fourth-order valence-electron chi connectivity index (χ4n) is 4.22. The van der Waals surface area contributed by atoms with Crippen molar-refractivity contribution < 1.29 is 9.13 Å². The van der Waals surface area contributed by atoms with Crippen LogP contribution in [-0.4, -0.2) is 30.1 Å². The molecule has 132 valence electrons. The minimum absolute atomic E-state index is 0.0364. The molecule has 0 saturated carbocycles. The van der Waals surface area contributed by atoms with Crippen molar-refractivity contribution in [2.24, 2.45) is 5.73 Å². The van der Waals surface area contributed by atoms with E-state index in [2.05, 4.69) is 29.2 Å². The van der Waals surface area contributed by atoms with Crippen molar-refractivity contribution in [3.63, 3.8) is 0 Å². The molecule has 25 heavy (non-hydrogen) atoms. The van der Waals surface area contributed by atoms with E-state index in [0.717, 1.165) is 43.7 Å². The molecule has 1 aliphatic carbocycles. The third-order valence-electron chi connectivity index (χ3n) is 5.49. The first kappa shape index (κ1) is 16.6. The van der Waals surface area contributed by atoms with Crippen molar-refractivity contribution in [1.82, 2.24) is 4.90 Å². The van der Waals surface area contributed by atoms with E-state index in [0.29, 0.717) is 0 Å². The van der Waals surface area contributed by atoms with Gasteiger partial charge >= 0.3 is 0 Å². The molecular formula is C21H25FN2O. The number of nitrogens with zero attached hydrogens (tertiary/aromatic N) is 1. The summed E-state index contributed by atoms with van der Waals surface area (Å²) in [7, 11) is 0. The molecule has 4 rings (SSSR count). The summed E-state index contributed by atoms with van der Waals surface area (Å²) in [5.74, 6) is 0.532. The van der Waals surface area contributed by atoms with Gasteiger partial charge in [-0.2, -0.15) is 0 Å². The van der Waals surface area contributed by atoms with E-state index in [1.165, 1.54) is 23.3 Å². The lowest BCUT2D eigenvalue weighted by Crippen LogP contribution is -2.49. The molecule has 0 spiro atoms. The quantitative estimate of drug-likeness (QED) is 0.928. The van der Waals surface area contributed by atoms with E-state index < -0.39 is 0 Å². The Hall–Kier alpha value is -1.91. The highest BCUT2D eigenvalue weighted by Gasteiger charge is 2.39. The van der Waals surface area contributed by atoms with E-state index in [9.17, 15) is 4.39 Å². The average Bonchev–Trinajstić information content (AvgIpc) is 2.96. The summed E-state index contributed by atoms with van der Waals surface area (Å²) in [5.41, 5.74) is 9.63. The average molecular weight is 340 g/mol. The van der Waals surface area contributed by atoms with Crippen LogP contribution in [0.4, 0.5) is 4.39 Å². The molecular weight excluding hydrogens is 315 g/mol. The Balaban J connectivity index is 1.65. The lowest BCUT2D eigenvalue weighted by atomic mass is 10.0. The SMILES string of the molecule is Cc1cc(F)ccc1O[C@@H]1c2ccccc2CC1N1CCC[C@@H](N)C1. The maximum atomic E-state index is 13.4. The predicted molar refractivity (Wildman–Crippen MR) is 97.2 cm³/mol. The van der Waals surface area contributed by atoms with Gasteiger partial charge in [0.05, 0.1) is 6.04 Å². The topological polar surface area (TPSA) is 38.5 Å². The predicted octanol–water partition coefficient (Wildman–Crippen LogP) is 3.60. The van der Waals surface area contributed by atoms with Crippen molar-refractivity contribution >= 4 is 0 Å². The van der Waals surface area contributed by atoms with Gasteiger partial charge in [-0.15, -0.1) is 0 Å². The standard InChI is InChI=1S/C21H25FN2O/c1-14-11-16(22)8-9-20(14)25-21-18-7-3-2-5-15(18)12-19(21)24-10-4-6-17(23)13-24/h2-3,5,7-9,11,17,19,21H,4,6,10,12-13,23H2,1H3/t17-,19?,21-/m1/s1. The Morgan fingerprint density at radius 3 is 2.84 bits per heavy atom. The minimum atomic E-state index is -0.227. The Labute approximate surface area is 148 Å². The summed E-state index contributed by atoms with van der Waals surface area (Å²) < 4.78 is 19.9. The molecule has 1 unspecified atom stereocenters. The number of hydrogen-bond acceptors (Lipinski definition) is 3. The van der Waals surface area contributed by atoms with E-state index in [1.54, 1.807) is 6.07 Å². The molecule has 0 bridgehead atoms. The third-order valence-corrected chi connectivity index (χ3v) is 5.49. The van der Waals surface area contributed by atoms with Gasteiger partial charge in [-0.05, 0) is 67.6 Å². The van der Waals surface area contributed by atoms with Gasteiger partial charge in [-0.25, -0.2) is 4.39 Å². The van der Waals surface area contributed by atoms with Crippen molar-refractivity contribution in [2.75, 3.05) is 13.1 Å². The lowest BCUT2D eigenvalue weighted by Gasteiger charge is -2.38. The van der Waals surface area contributed by atoms with Crippen LogP contribution >= 0.6 is 0 Å². The zero-order valence-corrected chi connectivity index (χ0v) is 14.6. The molecule has 1 heterocycles. The highest BCUT2D eigenvalue weighted by molar-refractivity contribution is 5.39. The molecule has 3 atom stereocenters. The molecule has 0 amide bonds. The van der Waals surface area contributed by atoms with Crippen LogP contribution < -0.4 is 10.5 Å². The molecule has 2 N–H and O–H groups in total. The molecule has 0 radical (unpaired) electrons. The zero-order chi connectivity index (χ0) is 17.4. The van der Waals surface area contributed by atoms with Crippen LogP contribution in [0.15, 0.2) is 42.5 Å². The molecule has 4 heteroatoms. The molecule has 1 aliphatic heterocycles. The highest BCUT2D eigenvalue weighted by Crippen LogP contribution is 2.39. The normalized spacial score (nSPS) is 26.4. The summed E-state index contributed by atoms with van der Waals surface area (Å²) in [6.07, 6.45) is 3.17. The van der Waals surface area contributed by atoms with Gasteiger partial charge in [-0.1, -0.05) is 24.3 Å². The summed E-state index contributed by atoms with van der Waals surface area (Å²) in [4.78, 5) is 2.48. The van der Waals surface area contributed by atoms with Crippen molar-refractivity contribution in [3.8, 4) is 5.75 Å². The molecule has 3 nitrogen and oxygen atoms in total. The smallest absolute Gasteiger partial charge is 0.140 e. The van der Waals surface area contributed by atoms with Crippen LogP contribution in [-0.2, 0) is 6.42 Å². The Morgan fingerprint density at radius 1 is 1.20 bits per heavy atom. The number of halogens is 1. The molecule has 2 aromatic rings. The first-order valence-corrected chi connectivity index (χ1v) is 9.12. The number of likely N-dealkylation sites (tertiary alicyclic amines) is 1. The van der Waals surface area contributed by atoms with Crippen LogP contribution in [0.2, 0.25) is 0 Å². The summed E-state index contributed by atoms with van der Waals surface area (Å²) >= 11 is 0. The van der Waals surface area contributed by atoms with Gasteiger partial charge in [0, 0.05) is 12.6 Å². The maximum absolute atomic E-state index is 13.4. The third kappa shape index (κ3) is 3.29. The highest BCUT2D eigenvalue weighted by atomic mass is 19.1. The van der Waals surface area contributed by atoms with Gasteiger partial charge in [0.25, 0.3) is 0 Å². The fraction of sp³-hybridized carbons (Fsp3) is 0.429. The van der Waals surface area contributed by atoms with E-state index >= 15 is 0 Å². The lowest BCUT2D eigenvalue weighted by molar-refractivity contribution is 0.0589. The largest absolute Gasteiger partial charge is 0.484 e. The summed E-state index contributed by atoms with van der Waals surface area (Å²) in [6.45, 7) is 3.88. The number of ether oxygens (including phenoxy) is 1. The summed E-state index contributed by atoms with van der Waals surface area (Å²) in [5, 5.41) is 0. The van der Waals surface area contributed by atoms with E-state index in [1.807, 2.05) is 6.92 Å². The molecule has 2 aromatic carbocycles. The maximum Gasteiger partial charge on any atom is 0.140 e. The monoisotopic (exact) mass is 340 g/mol. The van der Waals surface area contributed by atoms with Gasteiger partial charge in [0.1, 0.15) is 17.7 Å². The second-order valence-electron chi connectivity index (χ2n) is 7.32. The number of nitrogens with two attached hydrogens (primary N) is 1. The minimum Gasteiger partial charge on any atom is -0.484 e. The van der Waals surface area contributed by atoms with Crippen LogP contribution in [0.25, 0.3) is 0 Å². The molecule has 2 aliphatic rings. The summed E-state index contributed by atoms with van der Waals surface area (Å²) in [6, 6.07) is 13.8. The Bertz CT molecular complexity index is 763. The zero-order valence-electron chi connectivity index (χ0n) is 14.6. The number of rotatable bonds is 3. The van der Waals surface area contributed by atoms with Crippen molar-refractivity contribution in [2.45, 2.75) is 44.4 Å². The van der Waals surface area contributed by atoms with Crippen LogP contribution in [0.3, 0.4) is 0 Å². The fourth-order valence-corrected chi connectivity index (χ4v) is 4.22. The van der Waals surface area contributed by atoms with Gasteiger partial charge in [0.2, 0.25) is 0 Å². The van der Waals surface area contributed by atoms with Crippen LogP contribution in [0, 0.1) is 12.7 Å². The number of aryl methyl sites for hydroxylation is 1.